The summed E-state index contributed by atoms with van der Waals surface area (Å²) in [6, 6.07) is 0.513. The Hall–Kier alpha value is -0.200. The fourth-order valence-electron chi connectivity index (χ4n) is 10.7. The van der Waals surface area contributed by atoms with Crippen LogP contribution in [0.25, 0.3) is 0 Å². The van der Waals surface area contributed by atoms with Crippen molar-refractivity contribution in [2.75, 3.05) is 34.4 Å². The maximum Gasteiger partial charge on any atom is 0.0802 e. The van der Waals surface area contributed by atoms with Crippen LogP contribution in [-0.4, -0.2) is 74.4 Å². The molecule has 0 aromatic rings. The van der Waals surface area contributed by atoms with Crippen molar-refractivity contribution in [3.63, 3.8) is 0 Å². The number of fused-ring (bicyclic) bond motifs is 2. The molecule has 5 heteroatoms. The molecule has 7 bridgehead atoms. The fourth-order valence-corrected chi connectivity index (χ4v) is 10.7. The number of hydrogen-bond donors (Lipinski definition) is 1. The third-order valence-corrected chi connectivity index (χ3v) is 11.3. The van der Waals surface area contributed by atoms with Crippen molar-refractivity contribution in [2.24, 2.45) is 40.4 Å². The van der Waals surface area contributed by atoms with Crippen LogP contribution in [0.5, 0.6) is 0 Å². The van der Waals surface area contributed by atoms with Gasteiger partial charge in [0, 0.05) is 63.5 Å². The van der Waals surface area contributed by atoms with Crippen LogP contribution >= 0.6 is 0 Å². The van der Waals surface area contributed by atoms with Gasteiger partial charge in [-0.1, -0.05) is 13.8 Å². The number of hydrogen-bond acceptors (Lipinski definition) is 5. The second kappa shape index (κ2) is 5.98. The lowest BCUT2D eigenvalue weighted by Gasteiger charge is -2.69. The van der Waals surface area contributed by atoms with Crippen LogP contribution in [0.3, 0.4) is 0 Å². The average molecular weight is 406 g/mol. The minimum absolute atomic E-state index is 0.104. The van der Waals surface area contributed by atoms with Gasteiger partial charge in [-0.15, -0.1) is 0 Å². The van der Waals surface area contributed by atoms with Crippen molar-refractivity contribution in [3.8, 4) is 0 Å². The first kappa shape index (κ1) is 19.5. The molecule has 5 saturated carbocycles. The molecule has 5 aliphatic carbocycles. The zero-order valence-corrected chi connectivity index (χ0v) is 18.8. The Morgan fingerprint density at radius 3 is 2.55 bits per heavy atom. The summed E-state index contributed by atoms with van der Waals surface area (Å²) in [5, 5.41) is 11.6. The molecule has 12 atom stereocenters. The maximum atomic E-state index is 11.6. The lowest BCUT2D eigenvalue weighted by molar-refractivity contribution is -0.276. The van der Waals surface area contributed by atoms with Crippen molar-refractivity contribution in [2.45, 2.75) is 75.9 Å². The van der Waals surface area contributed by atoms with Gasteiger partial charge in [0.05, 0.1) is 23.9 Å². The van der Waals surface area contributed by atoms with Crippen LogP contribution in [0, 0.1) is 40.4 Å². The van der Waals surface area contributed by atoms with Crippen molar-refractivity contribution in [1.29, 1.82) is 0 Å². The largest absolute Gasteiger partial charge is 0.392 e. The molecular formula is C24H39NO4. The first-order valence-corrected chi connectivity index (χ1v) is 12.0. The highest BCUT2D eigenvalue weighted by molar-refractivity contribution is 5.33. The van der Waals surface area contributed by atoms with E-state index in [0.717, 1.165) is 19.4 Å². The van der Waals surface area contributed by atoms with Crippen LogP contribution in [0.15, 0.2) is 0 Å². The van der Waals surface area contributed by atoms with Crippen LogP contribution in [0.4, 0.5) is 0 Å². The van der Waals surface area contributed by atoms with Gasteiger partial charge in [0.1, 0.15) is 0 Å². The molecule has 1 N–H and O–H groups in total. The number of aliphatic hydroxyl groups is 1. The fraction of sp³-hybridized carbons (Fsp3) is 1.00. The molecule has 5 nitrogen and oxygen atoms in total. The third-order valence-electron chi connectivity index (χ3n) is 11.3. The summed E-state index contributed by atoms with van der Waals surface area (Å²) in [5.74, 6) is 2.08. The smallest absolute Gasteiger partial charge is 0.0802 e. The van der Waals surface area contributed by atoms with E-state index in [1.54, 1.807) is 0 Å². The van der Waals surface area contributed by atoms with Gasteiger partial charge >= 0.3 is 0 Å². The number of rotatable bonds is 4. The molecule has 6 rings (SSSR count). The monoisotopic (exact) mass is 405 g/mol. The van der Waals surface area contributed by atoms with Crippen LogP contribution in [0.2, 0.25) is 0 Å². The predicted octanol–water partition coefficient (Wildman–Crippen LogP) is 2.56. The molecule has 1 saturated heterocycles. The topological polar surface area (TPSA) is 51.2 Å². The molecule has 1 aliphatic heterocycles. The first-order valence-electron chi connectivity index (χ1n) is 12.0. The summed E-state index contributed by atoms with van der Waals surface area (Å²) in [5.41, 5.74) is 0.251. The summed E-state index contributed by atoms with van der Waals surface area (Å²) >= 11 is 0. The Kier molecular flexibility index (Phi) is 4.02. The van der Waals surface area contributed by atoms with Crippen LogP contribution in [-0.2, 0) is 14.2 Å². The van der Waals surface area contributed by atoms with Crippen molar-refractivity contribution in [1.82, 2.24) is 4.90 Å². The summed E-state index contributed by atoms with van der Waals surface area (Å²) in [4.78, 5) is 2.80. The van der Waals surface area contributed by atoms with Gasteiger partial charge in [0.25, 0.3) is 0 Å². The summed E-state index contributed by atoms with van der Waals surface area (Å²) in [7, 11) is 5.68. The van der Waals surface area contributed by atoms with Crippen molar-refractivity contribution >= 4 is 0 Å². The molecule has 164 valence electrons. The van der Waals surface area contributed by atoms with Gasteiger partial charge in [-0.3, -0.25) is 4.90 Å². The summed E-state index contributed by atoms with van der Waals surface area (Å²) < 4.78 is 18.9. The van der Waals surface area contributed by atoms with E-state index in [4.69, 9.17) is 14.2 Å². The Morgan fingerprint density at radius 1 is 1.10 bits per heavy atom. The number of piperidine rings is 1. The SMILES string of the molecule is CCN1CC2(C)CCC(OC)C34C5CC6C(OC)CC(OC)(C(CC23)C14)C5C6O. The molecule has 12 unspecified atom stereocenters. The number of likely N-dealkylation sites (tertiary alicyclic amines) is 1. The van der Waals surface area contributed by atoms with Gasteiger partial charge in [0.2, 0.25) is 0 Å². The van der Waals surface area contributed by atoms with Gasteiger partial charge in [-0.05, 0) is 49.5 Å². The molecule has 1 spiro atoms. The van der Waals surface area contributed by atoms with E-state index in [1.165, 1.54) is 25.8 Å². The molecule has 6 fully saturated rings. The molecule has 0 radical (unpaired) electrons. The lowest BCUT2D eigenvalue weighted by atomic mass is 9.43. The second-order valence-electron chi connectivity index (χ2n) is 11.5. The van der Waals surface area contributed by atoms with E-state index in [9.17, 15) is 5.11 Å². The van der Waals surface area contributed by atoms with Gasteiger partial charge in [-0.2, -0.15) is 0 Å². The zero-order chi connectivity index (χ0) is 20.3. The van der Waals surface area contributed by atoms with Gasteiger partial charge in [0.15, 0.2) is 0 Å². The number of nitrogens with zero attached hydrogens (tertiary/aromatic N) is 1. The van der Waals surface area contributed by atoms with Crippen molar-refractivity contribution < 1.29 is 19.3 Å². The molecule has 0 aromatic heterocycles. The molecule has 29 heavy (non-hydrogen) atoms. The van der Waals surface area contributed by atoms with Crippen LogP contribution in [0.1, 0.15) is 46.0 Å². The Labute approximate surface area is 175 Å². The quantitative estimate of drug-likeness (QED) is 0.779. The Morgan fingerprint density at radius 2 is 1.90 bits per heavy atom. The van der Waals surface area contributed by atoms with E-state index < -0.39 is 0 Å². The minimum atomic E-state index is -0.307. The highest BCUT2D eigenvalue weighted by atomic mass is 16.5. The predicted molar refractivity (Wildman–Crippen MR) is 109 cm³/mol. The standard InChI is InChI=1S/C24H39NO4/c1-6-25-12-22(2)8-7-18(28-4)24-14-9-13-16(27-3)11-23(29-5,19(14)20(13)26)15(21(24)25)10-17(22)24/h13-21,26H,6-12H2,1-5H3. The first-order chi connectivity index (χ1) is 13.9. The van der Waals surface area contributed by atoms with Crippen LogP contribution < -0.4 is 0 Å². The maximum absolute atomic E-state index is 11.6. The minimum Gasteiger partial charge on any atom is -0.392 e. The van der Waals surface area contributed by atoms with E-state index in [-0.39, 0.29) is 35.1 Å². The summed E-state index contributed by atoms with van der Waals surface area (Å²) in [6.45, 7) is 7.20. The molecule has 0 amide bonds. The highest BCUT2D eigenvalue weighted by Gasteiger charge is 2.83. The van der Waals surface area contributed by atoms with Gasteiger partial charge < -0.3 is 19.3 Å². The average Bonchev–Trinajstić information content (AvgIpc) is 3.13. The van der Waals surface area contributed by atoms with E-state index >= 15 is 0 Å². The van der Waals surface area contributed by atoms with E-state index in [2.05, 4.69) is 18.7 Å². The highest BCUT2D eigenvalue weighted by Crippen LogP contribution is 2.79. The van der Waals surface area contributed by atoms with Gasteiger partial charge in [-0.25, -0.2) is 0 Å². The normalized spacial score (nSPS) is 62.5. The lowest BCUT2D eigenvalue weighted by Crippen LogP contribution is -2.76. The zero-order valence-electron chi connectivity index (χ0n) is 18.8. The van der Waals surface area contributed by atoms with Crippen molar-refractivity contribution in [3.05, 3.63) is 0 Å². The Balaban J connectivity index is 1.61. The number of aliphatic hydroxyl groups excluding tert-OH is 1. The second-order valence-corrected chi connectivity index (χ2v) is 11.5. The third kappa shape index (κ3) is 1.90. The molecular weight excluding hydrogens is 366 g/mol. The summed E-state index contributed by atoms with van der Waals surface area (Å²) in [6.07, 6.45) is 5.77. The molecule has 0 aromatic carbocycles. The number of methoxy groups -OCH3 is 3. The molecule has 1 heterocycles. The number of ether oxygens (including phenoxy) is 3. The molecule has 6 aliphatic rings. The van der Waals surface area contributed by atoms with E-state index in [1.807, 2.05) is 21.3 Å². The Bertz CT molecular complexity index is 702. The van der Waals surface area contributed by atoms with E-state index in [0.29, 0.717) is 35.3 Å².